The maximum atomic E-state index is 12.1. The highest BCUT2D eigenvalue weighted by Gasteiger charge is 2.44. The normalized spacial score (nSPS) is 22.4. The lowest BCUT2D eigenvalue weighted by Gasteiger charge is -2.27. The Morgan fingerprint density at radius 2 is 2.25 bits per heavy atom. The average molecular weight is 361 g/mol. The van der Waals surface area contributed by atoms with Gasteiger partial charge >= 0.3 is 5.97 Å². The van der Waals surface area contributed by atoms with Crippen LogP contribution in [0.25, 0.3) is 0 Å². The summed E-state index contributed by atoms with van der Waals surface area (Å²) in [5.74, 6) is -1.83. The van der Waals surface area contributed by atoms with Crippen molar-refractivity contribution in [3.05, 3.63) is 33.3 Å². The summed E-state index contributed by atoms with van der Waals surface area (Å²) in [6.07, 6.45) is 0.809. The predicted octanol–water partition coefficient (Wildman–Crippen LogP) is 3.49. The van der Waals surface area contributed by atoms with E-state index in [4.69, 9.17) is 11.6 Å². The van der Waals surface area contributed by atoms with Gasteiger partial charge in [0.15, 0.2) is 0 Å². The molecule has 1 N–H and O–H groups in total. The van der Waals surface area contributed by atoms with Crippen LogP contribution in [-0.2, 0) is 9.59 Å². The third-order valence-electron chi connectivity index (χ3n) is 3.49. The van der Waals surface area contributed by atoms with E-state index >= 15 is 0 Å². The maximum Gasteiger partial charge on any atom is 0.309 e. The Hall–Kier alpha value is -1.07. The van der Waals surface area contributed by atoms with Crippen LogP contribution in [0.3, 0.4) is 0 Å². The monoisotopic (exact) mass is 359 g/mol. The molecule has 2 unspecified atom stereocenters. The van der Waals surface area contributed by atoms with Gasteiger partial charge in [0.25, 0.3) is 0 Å². The van der Waals surface area contributed by atoms with Crippen LogP contribution in [0.5, 0.6) is 0 Å². The van der Waals surface area contributed by atoms with Crippen molar-refractivity contribution in [1.82, 2.24) is 4.90 Å². The minimum Gasteiger partial charge on any atom is -0.481 e. The van der Waals surface area contributed by atoms with Crippen LogP contribution in [-0.4, -0.2) is 28.4 Å². The van der Waals surface area contributed by atoms with Gasteiger partial charge in [0.2, 0.25) is 5.91 Å². The highest BCUT2D eigenvalue weighted by Crippen LogP contribution is 2.41. The van der Waals surface area contributed by atoms with Gasteiger partial charge in [-0.15, -0.1) is 0 Å². The fraction of sp³-hybridized carbons (Fsp3) is 0.429. The van der Waals surface area contributed by atoms with Crippen LogP contribution in [0, 0.1) is 5.92 Å². The molecule has 1 aliphatic rings. The molecule has 1 aliphatic heterocycles. The minimum absolute atomic E-state index is 0.0306. The summed E-state index contributed by atoms with van der Waals surface area (Å²) in [6, 6.07) is 4.81. The van der Waals surface area contributed by atoms with E-state index < -0.39 is 17.9 Å². The van der Waals surface area contributed by atoms with Crippen molar-refractivity contribution in [2.24, 2.45) is 5.92 Å². The van der Waals surface area contributed by atoms with Gasteiger partial charge in [-0.1, -0.05) is 34.5 Å². The van der Waals surface area contributed by atoms with Crippen molar-refractivity contribution >= 4 is 39.4 Å². The predicted molar refractivity (Wildman–Crippen MR) is 79.6 cm³/mol. The lowest BCUT2D eigenvalue weighted by atomic mass is 9.93. The Bertz CT molecular complexity index is 549. The van der Waals surface area contributed by atoms with Crippen molar-refractivity contribution in [2.75, 3.05) is 6.54 Å². The summed E-state index contributed by atoms with van der Waals surface area (Å²) in [6.45, 7) is 2.50. The number of amides is 1. The van der Waals surface area contributed by atoms with Gasteiger partial charge in [-0.3, -0.25) is 9.59 Å². The number of aliphatic carboxylic acids is 1. The molecular formula is C14H15BrClNO3. The first-order valence-corrected chi connectivity index (χ1v) is 7.60. The summed E-state index contributed by atoms with van der Waals surface area (Å²) in [5.41, 5.74) is 0.688. The summed E-state index contributed by atoms with van der Waals surface area (Å²) in [7, 11) is 0. The highest BCUT2D eigenvalue weighted by atomic mass is 79.9. The van der Waals surface area contributed by atoms with Crippen LogP contribution in [0.2, 0.25) is 5.02 Å². The number of carboxylic acid groups (broad SMARTS) is 1. The molecule has 1 fully saturated rings. The zero-order valence-corrected chi connectivity index (χ0v) is 13.3. The minimum atomic E-state index is -0.960. The summed E-state index contributed by atoms with van der Waals surface area (Å²) in [4.78, 5) is 25.1. The number of hydrogen-bond acceptors (Lipinski definition) is 2. The number of carbonyl (C=O) groups excluding carboxylic acids is 1. The van der Waals surface area contributed by atoms with Crippen molar-refractivity contribution in [3.8, 4) is 0 Å². The zero-order valence-electron chi connectivity index (χ0n) is 11.0. The maximum absolute atomic E-state index is 12.1. The number of hydrogen-bond donors (Lipinski definition) is 1. The van der Waals surface area contributed by atoms with Gasteiger partial charge in [-0.2, -0.15) is 0 Å². The third kappa shape index (κ3) is 2.83. The number of rotatable bonds is 4. The molecule has 0 spiro atoms. The average Bonchev–Trinajstić information content (AvgIpc) is 2.71. The summed E-state index contributed by atoms with van der Waals surface area (Å²) < 4.78 is 0.817. The molecule has 1 amide bonds. The molecule has 2 atom stereocenters. The molecule has 20 heavy (non-hydrogen) atoms. The molecule has 4 nitrogen and oxygen atoms in total. The van der Waals surface area contributed by atoms with E-state index in [1.54, 1.807) is 23.1 Å². The van der Waals surface area contributed by atoms with Gasteiger partial charge in [0.1, 0.15) is 0 Å². The number of benzene rings is 1. The van der Waals surface area contributed by atoms with Gasteiger partial charge in [-0.25, -0.2) is 0 Å². The number of carbonyl (C=O) groups is 2. The van der Waals surface area contributed by atoms with E-state index in [9.17, 15) is 14.7 Å². The second kappa shape index (κ2) is 6.14. The molecule has 1 aromatic carbocycles. The Labute approximate surface area is 130 Å². The number of halogens is 2. The van der Waals surface area contributed by atoms with Crippen LogP contribution < -0.4 is 0 Å². The molecule has 6 heteroatoms. The van der Waals surface area contributed by atoms with Crippen molar-refractivity contribution in [1.29, 1.82) is 0 Å². The lowest BCUT2D eigenvalue weighted by molar-refractivity contribution is -0.142. The molecule has 1 aromatic rings. The molecule has 2 rings (SSSR count). The van der Waals surface area contributed by atoms with Crippen molar-refractivity contribution < 1.29 is 14.7 Å². The van der Waals surface area contributed by atoms with Crippen molar-refractivity contribution in [2.45, 2.75) is 25.8 Å². The smallest absolute Gasteiger partial charge is 0.309 e. The Balaban J connectivity index is 2.48. The Morgan fingerprint density at radius 1 is 1.55 bits per heavy atom. The lowest BCUT2D eigenvalue weighted by Crippen LogP contribution is -2.31. The summed E-state index contributed by atoms with van der Waals surface area (Å²) in [5, 5.41) is 9.86. The third-order valence-corrected chi connectivity index (χ3v) is 4.33. The Kier molecular flexibility index (Phi) is 4.70. The molecule has 0 saturated carbocycles. The molecule has 108 valence electrons. The second-order valence-electron chi connectivity index (χ2n) is 4.85. The molecular weight excluding hydrogens is 346 g/mol. The number of nitrogens with zero attached hydrogens (tertiary/aromatic N) is 1. The fourth-order valence-corrected chi connectivity index (χ4v) is 3.25. The van der Waals surface area contributed by atoms with Gasteiger partial charge in [0, 0.05) is 22.5 Å². The van der Waals surface area contributed by atoms with E-state index in [1.165, 1.54) is 0 Å². The fourth-order valence-electron chi connectivity index (χ4n) is 2.64. The number of carboxylic acids is 1. The summed E-state index contributed by atoms with van der Waals surface area (Å²) >= 11 is 9.57. The van der Waals surface area contributed by atoms with Gasteiger partial charge in [-0.05, 0) is 30.2 Å². The first kappa shape index (κ1) is 15.3. The largest absolute Gasteiger partial charge is 0.481 e. The van der Waals surface area contributed by atoms with E-state index in [2.05, 4.69) is 15.9 Å². The van der Waals surface area contributed by atoms with Crippen LogP contribution in [0.15, 0.2) is 22.7 Å². The standard InChI is InChI=1S/C14H15BrClNO3/c1-2-5-17-12(18)7-10(14(19)20)13(17)9-6-8(15)3-4-11(9)16/h3-4,6,10,13H,2,5,7H2,1H3,(H,19,20). The van der Waals surface area contributed by atoms with E-state index in [0.29, 0.717) is 17.1 Å². The van der Waals surface area contributed by atoms with Gasteiger partial charge in [0.05, 0.1) is 12.0 Å². The van der Waals surface area contributed by atoms with E-state index in [0.717, 1.165) is 10.9 Å². The van der Waals surface area contributed by atoms with E-state index in [1.807, 2.05) is 6.92 Å². The topological polar surface area (TPSA) is 57.6 Å². The van der Waals surface area contributed by atoms with Gasteiger partial charge < -0.3 is 10.0 Å². The van der Waals surface area contributed by atoms with Crippen molar-refractivity contribution in [3.63, 3.8) is 0 Å². The molecule has 0 radical (unpaired) electrons. The molecule has 0 aliphatic carbocycles. The molecule has 0 aromatic heterocycles. The quantitative estimate of drug-likeness (QED) is 0.894. The molecule has 0 bridgehead atoms. The number of likely N-dealkylation sites (tertiary alicyclic amines) is 1. The first-order chi connectivity index (χ1) is 9.45. The molecule has 1 saturated heterocycles. The molecule has 1 heterocycles. The zero-order chi connectivity index (χ0) is 14.9. The van der Waals surface area contributed by atoms with Crippen LogP contribution >= 0.6 is 27.5 Å². The first-order valence-electron chi connectivity index (χ1n) is 6.43. The Morgan fingerprint density at radius 3 is 2.85 bits per heavy atom. The highest BCUT2D eigenvalue weighted by molar-refractivity contribution is 9.10. The second-order valence-corrected chi connectivity index (χ2v) is 6.17. The van der Waals surface area contributed by atoms with Crippen LogP contribution in [0.1, 0.15) is 31.4 Å². The SMILES string of the molecule is CCCN1C(=O)CC(C(=O)O)C1c1cc(Br)ccc1Cl. The van der Waals surface area contributed by atoms with E-state index in [-0.39, 0.29) is 12.3 Å². The van der Waals surface area contributed by atoms with Crippen LogP contribution in [0.4, 0.5) is 0 Å².